The van der Waals surface area contributed by atoms with Crippen LogP contribution in [0.3, 0.4) is 0 Å². The zero-order valence-electron chi connectivity index (χ0n) is 15.4. The van der Waals surface area contributed by atoms with Crippen LogP contribution >= 0.6 is 0 Å². The van der Waals surface area contributed by atoms with Crippen molar-refractivity contribution in [1.82, 2.24) is 25.1 Å². The van der Waals surface area contributed by atoms with Crippen molar-refractivity contribution < 1.29 is 9.59 Å². The van der Waals surface area contributed by atoms with E-state index < -0.39 is 0 Å². The van der Waals surface area contributed by atoms with E-state index in [0.717, 1.165) is 5.56 Å². The fourth-order valence-corrected chi connectivity index (χ4v) is 2.99. The summed E-state index contributed by atoms with van der Waals surface area (Å²) in [6.07, 6.45) is 4.61. The molecule has 0 fully saturated rings. The maximum Gasteiger partial charge on any atom is 0.252 e. The predicted octanol–water partition coefficient (Wildman–Crippen LogP) is 2.82. The number of amides is 1. The van der Waals surface area contributed by atoms with Gasteiger partial charge in [-0.2, -0.15) is 5.10 Å². The Labute approximate surface area is 167 Å². The lowest BCUT2D eigenvalue weighted by molar-refractivity contribution is 0.0939. The third-order valence-electron chi connectivity index (χ3n) is 4.39. The van der Waals surface area contributed by atoms with E-state index in [1.54, 1.807) is 67.1 Å². The van der Waals surface area contributed by atoms with Gasteiger partial charge in [0.2, 0.25) is 0 Å². The highest BCUT2D eigenvalue weighted by atomic mass is 16.2. The van der Waals surface area contributed by atoms with Gasteiger partial charge < -0.3 is 5.32 Å². The van der Waals surface area contributed by atoms with Crippen LogP contribution in [-0.2, 0) is 6.54 Å². The molecule has 4 aromatic rings. The molecule has 142 valence electrons. The Morgan fingerprint density at radius 3 is 2.41 bits per heavy atom. The summed E-state index contributed by atoms with van der Waals surface area (Å²) in [5.74, 6) is 0.0539. The van der Waals surface area contributed by atoms with Crippen molar-refractivity contribution in [3.63, 3.8) is 0 Å². The Morgan fingerprint density at radius 2 is 1.66 bits per heavy atom. The van der Waals surface area contributed by atoms with Crippen molar-refractivity contribution >= 4 is 11.7 Å². The van der Waals surface area contributed by atoms with Gasteiger partial charge in [0.1, 0.15) is 12.7 Å². The molecule has 2 heterocycles. The molecule has 0 atom stereocenters. The minimum atomic E-state index is -0.335. The van der Waals surface area contributed by atoms with Crippen molar-refractivity contribution in [3.05, 3.63) is 108 Å². The van der Waals surface area contributed by atoms with Gasteiger partial charge in [0, 0.05) is 29.4 Å². The zero-order valence-corrected chi connectivity index (χ0v) is 15.4. The highest BCUT2D eigenvalue weighted by Crippen LogP contribution is 2.16. The van der Waals surface area contributed by atoms with Crippen molar-refractivity contribution in [2.75, 3.05) is 0 Å². The van der Waals surface area contributed by atoms with Gasteiger partial charge in [0.25, 0.3) is 5.91 Å². The Hall–Kier alpha value is -4.13. The van der Waals surface area contributed by atoms with E-state index in [1.807, 2.05) is 12.1 Å². The number of aromatic nitrogens is 4. The summed E-state index contributed by atoms with van der Waals surface area (Å²) < 4.78 is 1.54. The Kier molecular flexibility index (Phi) is 5.20. The van der Waals surface area contributed by atoms with Crippen LogP contribution in [0.25, 0.3) is 5.82 Å². The van der Waals surface area contributed by atoms with E-state index >= 15 is 0 Å². The van der Waals surface area contributed by atoms with Crippen LogP contribution in [0.1, 0.15) is 31.8 Å². The molecule has 0 spiro atoms. The number of ketones is 1. The minimum Gasteiger partial charge on any atom is -0.348 e. The lowest BCUT2D eigenvalue weighted by Crippen LogP contribution is -2.26. The topological polar surface area (TPSA) is 89.8 Å². The first-order chi connectivity index (χ1) is 14.2. The van der Waals surface area contributed by atoms with Gasteiger partial charge in [0.05, 0.1) is 5.56 Å². The van der Waals surface area contributed by atoms with E-state index in [1.165, 1.54) is 11.0 Å². The fraction of sp³-hybridized carbons (Fsp3) is 0.0455. The summed E-state index contributed by atoms with van der Waals surface area (Å²) in [5.41, 5.74) is 2.00. The van der Waals surface area contributed by atoms with Crippen LogP contribution in [0.2, 0.25) is 0 Å². The molecule has 0 aliphatic heterocycles. The van der Waals surface area contributed by atoms with Crippen molar-refractivity contribution in [2.45, 2.75) is 6.54 Å². The fourth-order valence-electron chi connectivity index (χ4n) is 2.99. The van der Waals surface area contributed by atoms with Gasteiger partial charge in [-0.3, -0.25) is 9.59 Å². The normalized spacial score (nSPS) is 10.5. The SMILES string of the molecule is O=C(NCc1cccnc1-n1cncn1)c1ccccc1C(=O)c1ccccc1. The average Bonchev–Trinajstić information content (AvgIpc) is 3.32. The van der Waals surface area contributed by atoms with Crippen molar-refractivity contribution in [3.8, 4) is 5.82 Å². The van der Waals surface area contributed by atoms with Gasteiger partial charge in [-0.1, -0.05) is 54.6 Å². The standard InChI is InChI=1S/C22H17N5O2/c28-20(16-7-2-1-3-8-16)18-10-4-5-11-19(18)22(29)25-13-17-9-6-12-24-21(17)27-15-23-14-26-27/h1-12,14-15H,13H2,(H,25,29). The largest absolute Gasteiger partial charge is 0.348 e. The lowest BCUT2D eigenvalue weighted by atomic mass is 9.98. The first-order valence-corrected chi connectivity index (χ1v) is 9.00. The number of carbonyl (C=O) groups is 2. The highest BCUT2D eigenvalue weighted by Gasteiger charge is 2.18. The van der Waals surface area contributed by atoms with Gasteiger partial charge in [-0.05, 0) is 12.1 Å². The molecule has 0 saturated carbocycles. The lowest BCUT2D eigenvalue weighted by Gasteiger charge is -2.11. The molecule has 0 unspecified atom stereocenters. The quantitative estimate of drug-likeness (QED) is 0.517. The highest BCUT2D eigenvalue weighted by molar-refractivity contribution is 6.15. The van der Waals surface area contributed by atoms with Crippen molar-refractivity contribution in [2.24, 2.45) is 0 Å². The number of hydrogen-bond donors (Lipinski definition) is 1. The van der Waals surface area contributed by atoms with Gasteiger partial charge in [0.15, 0.2) is 11.6 Å². The van der Waals surface area contributed by atoms with E-state index in [2.05, 4.69) is 20.4 Å². The van der Waals surface area contributed by atoms with E-state index in [4.69, 9.17) is 0 Å². The molecule has 2 aromatic heterocycles. The molecule has 0 radical (unpaired) electrons. The number of hydrogen-bond acceptors (Lipinski definition) is 5. The molecule has 1 N–H and O–H groups in total. The number of rotatable bonds is 6. The maximum atomic E-state index is 12.9. The summed E-state index contributed by atoms with van der Waals surface area (Å²) in [7, 11) is 0. The van der Waals surface area contributed by atoms with Crippen LogP contribution in [-0.4, -0.2) is 31.4 Å². The zero-order chi connectivity index (χ0) is 20.1. The molecule has 1 amide bonds. The molecule has 2 aromatic carbocycles. The Morgan fingerprint density at radius 1 is 0.897 bits per heavy atom. The van der Waals surface area contributed by atoms with Crippen LogP contribution in [0.4, 0.5) is 0 Å². The molecule has 0 saturated heterocycles. The first kappa shape index (κ1) is 18.2. The first-order valence-electron chi connectivity index (χ1n) is 9.00. The number of carbonyl (C=O) groups excluding carboxylic acids is 2. The van der Waals surface area contributed by atoms with Crippen molar-refractivity contribution in [1.29, 1.82) is 0 Å². The second kappa shape index (κ2) is 8.26. The Balaban J connectivity index is 1.56. The maximum absolute atomic E-state index is 12.9. The summed E-state index contributed by atoms with van der Waals surface area (Å²) in [5, 5.41) is 6.96. The molecule has 7 heteroatoms. The number of benzene rings is 2. The van der Waals surface area contributed by atoms with Gasteiger partial charge in [-0.15, -0.1) is 0 Å². The summed E-state index contributed by atoms with van der Waals surface area (Å²) in [4.78, 5) is 33.9. The molecule has 7 nitrogen and oxygen atoms in total. The smallest absolute Gasteiger partial charge is 0.252 e. The summed E-state index contributed by atoms with van der Waals surface area (Å²) in [6.45, 7) is 0.232. The minimum absolute atomic E-state index is 0.193. The predicted molar refractivity (Wildman–Crippen MR) is 107 cm³/mol. The molecule has 0 bridgehead atoms. The monoisotopic (exact) mass is 383 g/mol. The van der Waals surface area contributed by atoms with Gasteiger partial charge >= 0.3 is 0 Å². The molecule has 29 heavy (non-hydrogen) atoms. The van der Waals surface area contributed by atoms with E-state index in [0.29, 0.717) is 22.5 Å². The number of pyridine rings is 1. The molecular weight excluding hydrogens is 366 g/mol. The van der Waals surface area contributed by atoms with Gasteiger partial charge in [-0.25, -0.2) is 14.6 Å². The van der Waals surface area contributed by atoms with Crippen LogP contribution in [0, 0.1) is 0 Å². The molecular formula is C22H17N5O2. The Bertz CT molecular complexity index is 1140. The molecule has 0 aliphatic rings. The van der Waals surface area contributed by atoms with E-state index in [-0.39, 0.29) is 18.2 Å². The second-order valence-electron chi connectivity index (χ2n) is 6.25. The summed E-state index contributed by atoms with van der Waals surface area (Å²) >= 11 is 0. The van der Waals surface area contributed by atoms with Crippen LogP contribution in [0.15, 0.2) is 85.6 Å². The average molecular weight is 383 g/mol. The third-order valence-corrected chi connectivity index (χ3v) is 4.39. The van der Waals surface area contributed by atoms with E-state index in [9.17, 15) is 9.59 Å². The number of nitrogens with zero attached hydrogens (tertiary/aromatic N) is 4. The number of nitrogens with one attached hydrogen (secondary N) is 1. The third kappa shape index (κ3) is 3.93. The van der Waals surface area contributed by atoms with Crippen LogP contribution in [0.5, 0.6) is 0 Å². The summed E-state index contributed by atoms with van der Waals surface area (Å²) in [6, 6.07) is 19.3. The second-order valence-corrected chi connectivity index (χ2v) is 6.25. The molecule has 0 aliphatic carbocycles. The molecule has 4 rings (SSSR count). The van der Waals surface area contributed by atoms with Crippen LogP contribution < -0.4 is 5.32 Å².